The van der Waals surface area contributed by atoms with Crippen molar-refractivity contribution in [1.29, 1.82) is 0 Å². The molecule has 2 aromatic carbocycles. The molecule has 1 amide bonds. The van der Waals surface area contributed by atoms with Gasteiger partial charge in [-0.15, -0.1) is 0 Å². The monoisotopic (exact) mass is 492 g/mol. The first-order valence-electron chi connectivity index (χ1n) is 9.92. The molecule has 4 rings (SSSR count). The largest absolute Gasteiger partial charge is 0.324 e. The molecule has 0 atom stereocenters. The van der Waals surface area contributed by atoms with E-state index in [0.717, 1.165) is 18.0 Å². The lowest BCUT2D eigenvalue weighted by Gasteiger charge is -2.24. The Morgan fingerprint density at radius 3 is 2.62 bits per heavy atom. The van der Waals surface area contributed by atoms with Crippen LogP contribution in [0.25, 0.3) is 0 Å². The summed E-state index contributed by atoms with van der Waals surface area (Å²) in [5.41, 5.74) is 1.94. The Kier molecular flexibility index (Phi) is 6.28. The molecule has 0 fully saturated rings. The maximum Gasteiger partial charge on any atom is 0.316 e. The zero-order chi connectivity index (χ0) is 24.5. The van der Waals surface area contributed by atoms with Crippen molar-refractivity contribution in [3.8, 4) is 0 Å². The summed E-state index contributed by atoms with van der Waals surface area (Å²) in [6.45, 7) is -3.70. The summed E-state index contributed by atoms with van der Waals surface area (Å²) in [5.74, 6) is -2.14. The Morgan fingerprint density at radius 2 is 1.88 bits per heavy atom. The second-order valence-electron chi connectivity index (χ2n) is 7.49. The summed E-state index contributed by atoms with van der Waals surface area (Å²) in [6.07, 6.45) is 1.88. The van der Waals surface area contributed by atoms with E-state index in [1.807, 2.05) is 0 Å². The van der Waals surface area contributed by atoms with Crippen molar-refractivity contribution < 1.29 is 26.4 Å². The third-order valence-electron chi connectivity index (χ3n) is 4.90. The number of para-hydroxylation sites is 2. The van der Waals surface area contributed by atoms with Crippen molar-refractivity contribution in [2.75, 3.05) is 26.5 Å². The normalized spacial score (nSPS) is 12.9. The van der Waals surface area contributed by atoms with Crippen LogP contribution in [0, 0.1) is 5.82 Å². The highest BCUT2D eigenvalue weighted by molar-refractivity contribution is 7.92. The lowest BCUT2D eigenvalue weighted by Crippen LogP contribution is -2.31. The van der Waals surface area contributed by atoms with E-state index in [2.05, 4.69) is 25.3 Å². The molecule has 2 heterocycles. The van der Waals surface area contributed by atoms with Crippen LogP contribution in [0.2, 0.25) is 0 Å². The Labute approximate surface area is 193 Å². The number of anilines is 5. The Morgan fingerprint density at radius 1 is 1.15 bits per heavy atom. The predicted octanol–water partition coefficient (Wildman–Crippen LogP) is 3.45. The van der Waals surface area contributed by atoms with E-state index in [-0.39, 0.29) is 29.5 Å². The van der Waals surface area contributed by atoms with Crippen molar-refractivity contribution in [3.05, 3.63) is 65.6 Å². The number of halogens is 3. The minimum Gasteiger partial charge on any atom is -0.324 e. The highest BCUT2D eigenvalue weighted by atomic mass is 32.2. The summed E-state index contributed by atoms with van der Waals surface area (Å²) < 4.78 is 68.1. The van der Waals surface area contributed by atoms with Crippen molar-refractivity contribution in [1.82, 2.24) is 9.97 Å². The van der Waals surface area contributed by atoms with Gasteiger partial charge in [-0.25, -0.2) is 17.8 Å². The zero-order valence-corrected chi connectivity index (χ0v) is 18.5. The molecule has 0 radical (unpaired) electrons. The van der Waals surface area contributed by atoms with E-state index in [4.69, 9.17) is 0 Å². The summed E-state index contributed by atoms with van der Waals surface area (Å²) in [7, 11) is -3.67. The Bertz CT molecular complexity index is 1350. The Balaban J connectivity index is 1.65. The van der Waals surface area contributed by atoms with Gasteiger partial charge in [0.2, 0.25) is 21.9 Å². The first-order chi connectivity index (χ1) is 16.1. The quantitative estimate of drug-likeness (QED) is 0.413. The summed E-state index contributed by atoms with van der Waals surface area (Å²) in [5, 5.41) is 5.52. The van der Waals surface area contributed by atoms with Crippen LogP contribution in [0.1, 0.15) is 11.1 Å². The van der Waals surface area contributed by atoms with E-state index in [0.29, 0.717) is 16.3 Å². The number of hydrogen-bond acceptors (Lipinski definition) is 7. The fraction of sp³-hybridized carbons (Fsp3) is 0.190. The van der Waals surface area contributed by atoms with Gasteiger partial charge in [-0.2, -0.15) is 13.8 Å². The van der Waals surface area contributed by atoms with E-state index < -0.39 is 34.8 Å². The molecule has 0 unspecified atom stereocenters. The summed E-state index contributed by atoms with van der Waals surface area (Å²) in [6, 6.07) is 11.0. The highest BCUT2D eigenvalue weighted by Gasteiger charge is 2.25. The number of alkyl halides is 2. The molecule has 13 heteroatoms. The average molecular weight is 492 g/mol. The van der Waals surface area contributed by atoms with Crippen LogP contribution in [-0.2, 0) is 27.8 Å². The van der Waals surface area contributed by atoms with Gasteiger partial charge >= 0.3 is 6.55 Å². The number of carbonyl (C=O) groups excluding carboxylic acids is 1. The number of hydrogen-bond donors (Lipinski definition) is 3. The average Bonchev–Trinajstić information content (AvgIpc) is 3.14. The van der Waals surface area contributed by atoms with E-state index in [1.165, 1.54) is 18.2 Å². The fourth-order valence-electron chi connectivity index (χ4n) is 3.47. The summed E-state index contributed by atoms with van der Waals surface area (Å²) >= 11 is 0. The minimum atomic E-state index is -3.67. The molecule has 0 spiro atoms. The maximum absolute atomic E-state index is 14.6. The number of fused-ring (bicyclic) bond motifs is 1. The van der Waals surface area contributed by atoms with Gasteiger partial charge in [0, 0.05) is 0 Å². The van der Waals surface area contributed by atoms with Gasteiger partial charge in [-0.05, 0) is 23.3 Å². The van der Waals surface area contributed by atoms with Crippen molar-refractivity contribution in [3.63, 3.8) is 0 Å². The number of sulfonamides is 1. The number of carbonyl (C=O) groups is 1. The minimum absolute atomic E-state index is 0.0825. The molecule has 1 aromatic heterocycles. The van der Waals surface area contributed by atoms with Crippen LogP contribution < -0.4 is 20.3 Å². The molecule has 178 valence electrons. The third-order valence-corrected chi connectivity index (χ3v) is 5.49. The van der Waals surface area contributed by atoms with Crippen LogP contribution in [0.4, 0.5) is 42.0 Å². The molecule has 3 N–H and O–H groups in total. The third kappa shape index (κ3) is 5.20. The molecule has 9 nitrogen and oxygen atoms in total. The van der Waals surface area contributed by atoms with Crippen molar-refractivity contribution in [2.24, 2.45) is 0 Å². The smallest absolute Gasteiger partial charge is 0.316 e. The van der Waals surface area contributed by atoms with Gasteiger partial charge in [0.15, 0.2) is 11.6 Å². The van der Waals surface area contributed by atoms with Crippen LogP contribution in [0.5, 0.6) is 0 Å². The molecule has 0 aliphatic carbocycles. The molecule has 0 saturated heterocycles. The Hall–Kier alpha value is -3.87. The molecule has 1 aliphatic heterocycles. The molecular formula is C21H19F3N6O3S. The van der Waals surface area contributed by atoms with Crippen LogP contribution in [0.3, 0.4) is 0 Å². The van der Waals surface area contributed by atoms with Crippen LogP contribution in [0.15, 0.2) is 48.7 Å². The van der Waals surface area contributed by atoms with E-state index in [1.54, 1.807) is 24.3 Å². The first-order valence-corrected chi connectivity index (χ1v) is 11.8. The molecule has 1 aliphatic rings. The van der Waals surface area contributed by atoms with Gasteiger partial charge in [-0.1, -0.05) is 30.3 Å². The first kappa shape index (κ1) is 23.3. The molecule has 3 aromatic rings. The molecule has 34 heavy (non-hydrogen) atoms. The second kappa shape index (κ2) is 9.17. The topological polar surface area (TPSA) is 116 Å². The van der Waals surface area contributed by atoms with Gasteiger partial charge in [0.25, 0.3) is 0 Å². The van der Waals surface area contributed by atoms with Crippen LogP contribution >= 0.6 is 0 Å². The van der Waals surface area contributed by atoms with Crippen molar-refractivity contribution >= 4 is 44.8 Å². The van der Waals surface area contributed by atoms with Gasteiger partial charge in [-0.3, -0.25) is 14.4 Å². The standard InChI is InChI=1S/C21H19F3N6O3S/c1-34(32,33)29-15-7-3-2-5-13(15)11-30(20(23)24)19-14(22)10-25-21(28-19)26-16-8-4-6-12-9-17(31)27-18(12)16/h2-8,10,20,29H,9,11H2,1H3,(H,27,31)(H,25,26,28). The van der Waals surface area contributed by atoms with Gasteiger partial charge in [0.1, 0.15) is 0 Å². The summed E-state index contributed by atoms with van der Waals surface area (Å²) in [4.78, 5) is 19.8. The molecule has 0 saturated carbocycles. The predicted molar refractivity (Wildman–Crippen MR) is 121 cm³/mol. The number of amides is 1. The van der Waals surface area contributed by atoms with Crippen LogP contribution in [-0.4, -0.2) is 37.1 Å². The van der Waals surface area contributed by atoms with E-state index >= 15 is 0 Å². The number of benzene rings is 2. The number of nitrogens with zero attached hydrogens (tertiary/aromatic N) is 3. The number of rotatable bonds is 8. The lowest BCUT2D eigenvalue weighted by atomic mass is 10.1. The lowest BCUT2D eigenvalue weighted by molar-refractivity contribution is -0.115. The molecule has 0 bridgehead atoms. The van der Waals surface area contributed by atoms with Gasteiger partial charge < -0.3 is 10.6 Å². The SMILES string of the molecule is CS(=O)(=O)Nc1ccccc1CN(c1nc(Nc2cccc3c2NC(=O)C3)ncc1F)C(F)F. The maximum atomic E-state index is 14.6. The van der Waals surface area contributed by atoms with E-state index in [9.17, 15) is 26.4 Å². The fourth-order valence-corrected chi connectivity index (χ4v) is 4.07. The zero-order valence-electron chi connectivity index (χ0n) is 17.7. The van der Waals surface area contributed by atoms with Crippen molar-refractivity contribution in [2.45, 2.75) is 19.5 Å². The highest BCUT2D eigenvalue weighted by Crippen LogP contribution is 2.33. The molecular weight excluding hydrogens is 473 g/mol. The van der Waals surface area contributed by atoms with Gasteiger partial charge in [0.05, 0.1) is 42.5 Å². The number of aromatic nitrogens is 2. The second-order valence-corrected chi connectivity index (χ2v) is 9.24. The number of nitrogens with one attached hydrogen (secondary N) is 3.